The van der Waals surface area contributed by atoms with Gasteiger partial charge in [-0.15, -0.1) is 10.2 Å². The number of anilines is 1. The molecule has 1 saturated carbocycles. The predicted molar refractivity (Wildman–Crippen MR) is 107 cm³/mol. The van der Waals surface area contributed by atoms with Gasteiger partial charge in [-0.05, 0) is 55.0 Å². The fraction of sp³-hybridized carbons (Fsp3) is 0.476. The number of benzene rings is 1. The van der Waals surface area contributed by atoms with E-state index in [0.29, 0.717) is 17.6 Å². The zero-order chi connectivity index (χ0) is 19.7. The number of hydrogen-bond acceptors (Lipinski definition) is 5. The molecule has 0 spiro atoms. The van der Waals surface area contributed by atoms with Crippen LogP contribution in [0.15, 0.2) is 30.3 Å². The summed E-state index contributed by atoms with van der Waals surface area (Å²) in [5.74, 6) is 0.673. The highest BCUT2D eigenvalue weighted by Gasteiger charge is 2.29. The molecule has 1 aromatic carbocycles. The molecule has 0 bridgehead atoms. The average molecular weight is 403 g/mol. The number of nitrogens with zero attached hydrogens (tertiary/aromatic N) is 4. The molecule has 1 aromatic heterocycles. The molecule has 0 radical (unpaired) electrons. The predicted octanol–water partition coefficient (Wildman–Crippen LogP) is 3.64. The molecule has 1 aliphatic heterocycles. The first-order chi connectivity index (χ1) is 13.5. The third-order valence-corrected chi connectivity index (χ3v) is 5.97. The lowest BCUT2D eigenvalue weighted by Gasteiger charge is -2.41. The van der Waals surface area contributed by atoms with E-state index in [9.17, 15) is 9.18 Å². The van der Waals surface area contributed by atoms with Gasteiger partial charge in [0.2, 0.25) is 0 Å². The Morgan fingerprint density at radius 3 is 2.68 bits per heavy atom. The highest BCUT2D eigenvalue weighted by molar-refractivity contribution is 6.29. The molecule has 2 atom stereocenters. The first-order valence-electron chi connectivity index (χ1n) is 9.78. The average Bonchev–Trinajstić information content (AvgIpc) is 3.52. The van der Waals surface area contributed by atoms with Crippen LogP contribution in [-0.4, -0.2) is 53.6 Å². The molecule has 5 nitrogen and oxygen atoms in total. The van der Waals surface area contributed by atoms with Gasteiger partial charge in [-0.3, -0.25) is 4.90 Å². The molecule has 1 saturated heterocycles. The Balaban J connectivity index is 1.41. The Kier molecular flexibility index (Phi) is 5.60. The first-order valence-corrected chi connectivity index (χ1v) is 10.2. The molecule has 4 rings (SSSR count). The third-order valence-electron chi connectivity index (χ3n) is 5.77. The molecule has 2 fully saturated rings. The number of halogens is 2. The van der Waals surface area contributed by atoms with E-state index in [2.05, 4.69) is 26.9 Å². The molecule has 7 heteroatoms. The second-order valence-corrected chi connectivity index (χ2v) is 8.19. The van der Waals surface area contributed by atoms with Crippen LogP contribution in [0.3, 0.4) is 0 Å². The van der Waals surface area contributed by atoms with E-state index in [0.717, 1.165) is 55.7 Å². The van der Waals surface area contributed by atoms with Crippen LogP contribution in [0.1, 0.15) is 42.7 Å². The van der Waals surface area contributed by atoms with E-state index in [1.807, 2.05) is 18.2 Å². The second-order valence-electron chi connectivity index (χ2n) is 7.80. The van der Waals surface area contributed by atoms with Crippen molar-refractivity contribution >= 4 is 23.7 Å². The third kappa shape index (κ3) is 4.18. The fourth-order valence-corrected chi connectivity index (χ4v) is 4.03. The number of aromatic nitrogens is 2. The number of hydrogen-bond donors (Lipinski definition) is 0. The van der Waals surface area contributed by atoms with Crippen LogP contribution in [0.4, 0.5) is 10.2 Å². The van der Waals surface area contributed by atoms with Crippen molar-refractivity contribution in [2.75, 3.05) is 31.1 Å². The van der Waals surface area contributed by atoms with Gasteiger partial charge in [-0.1, -0.05) is 23.7 Å². The molecule has 0 N–H and O–H groups in total. The summed E-state index contributed by atoms with van der Waals surface area (Å²) in [6.07, 6.45) is 3.07. The van der Waals surface area contributed by atoms with E-state index in [1.54, 1.807) is 12.1 Å². The monoisotopic (exact) mass is 402 g/mol. The lowest BCUT2D eigenvalue weighted by Crippen LogP contribution is -2.53. The van der Waals surface area contributed by atoms with Crippen molar-refractivity contribution in [3.05, 3.63) is 52.4 Å². The standard InChI is InChI=1S/C21H24ClFN4O/c1-14-11-27(21-7-6-20(22)24-25-21)9-8-26(14)12-17(13-28)16-4-5-18(15-2-3-15)19(23)10-16/h4-7,10,13-15,17H,2-3,8-9,11-12H2,1H3/t14-,17?/m1/s1. The molecule has 0 amide bonds. The lowest BCUT2D eigenvalue weighted by molar-refractivity contribution is -0.109. The minimum atomic E-state index is -0.327. The Morgan fingerprint density at radius 1 is 1.25 bits per heavy atom. The van der Waals surface area contributed by atoms with Crippen LogP contribution in [0.25, 0.3) is 0 Å². The fourth-order valence-electron chi connectivity index (χ4n) is 3.93. The maximum atomic E-state index is 14.4. The van der Waals surface area contributed by atoms with E-state index in [-0.39, 0.29) is 17.8 Å². The largest absolute Gasteiger partial charge is 0.352 e. The number of piperazine rings is 1. The quantitative estimate of drug-likeness (QED) is 0.690. The number of carbonyl (C=O) groups excluding carboxylic acids is 1. The Labute approximate surface area is 169 Å². The molecule has 2 aromatic rings. The van der Waals surface area contributed by atoms with Crippen LogP contribution < -0.4 is 4.90 Å². The summed E-state index contributed by atoms with van der Waals surface area (Å²) < 4.78 is 14.4. The zero-order valence-electron chi connectivity index (χ0n) is 15.9. The highest BCUT2D eigenvalue weighted by atomic mass is 35.5. The van der Waals surface area contributed by atoms with Crippen molar-refractivity contribution in [1.29, 1.82) is 0 Å². The summed E-state index contributed by atoms with van der Waals surface area (Å²) in [5.41, 5.74) is 1.55. The van der Waals surface area contributed by atoms with Gasteiger partial charge in [0.1, 0.15) is 12.1 Å². The van der Waals surface area contributed by atoms with Crippen molar-refractivity contribution in [3.63, 3.8) is 0 Å². The minimum Gasteiger partial charge on any atom is -0.352 e. The topological polar surface area (TPSA) is 49.3 Å². The summed E-state index contributed by atoms with van der Waals surface area (Å²) in [4.78, 5) is 16.2. The van der Waals surface area contributed by atoms with Gasteiger partial charge in [0.25, 0.3) is 0 Å². The summed E-state index contributed by atoms with van der Waals surface area (Å²) in [5, 5.41) is 8.44. The van der Waals surface area contributed by atoms with E-state index in [1.165, 1.54) is 0 Å². The van der Waals surface area contributed by atoms with Crippen molar-refractivity contribution in [1.82, 2.24) is 15.1 Å². The molecule has 148 valence electrons. The van der Waals surface area contributed by atoms with E-state index < -0.39 is 0 Å². The number of carbonyl (C=O) groups is 1. The Morgan fingerprint density at radius 2 is 2.07 bits per heavy atom. The number of rotatable bonds is 6. The summed E-state index contributed by atoms with van der Waals surface area (Å²) >= 11 is 5.82. The Hall–Kier alpha value is -2.05. The molecular formula is C21H24ClFN4O. The molecule has 2 heterocycles. The van der Waals surface area contributed by atoms with Gasteiger partial charge in [-0.2, -0.15) is 0 Å². The summed E-state index contributed by atoms with van der Waals surface area (Å²) in [6, 6.07) is 9.18. The Bertz CT molecular complexity index is 843. The molecular weight excluding hydrogens is 379 g/mol. The van der Waals surface area contributed by atoms with Gasteiger partial charge in [0.15, 0.2) is 11.0 Å². The van der Waals surface area contributed by atoms with Gasteiger partial charge in [0, 0.05) is 32.2 Å². The maximum Gasteiger partial charge on any atom is 0.151 e. The smallest absolute Gasteiger partial charge is 0.151 e. The lowest BCUT2D eigenvalue weighted by atomic mass is 9.96. The normalized spacial score (nSPS) is 21.5. The van der Waals surface area contributed by atoms with Crippen LogP contribution in [0.2, 0.25) is 5.15 Å². The van der Waals surface area contributed by atoms with E-state index >= 15 is 0 Å². The van der Waals surface area contributed by atoms with E-state index in [4.69, 9.17) is 11.6 Å². The van der Waals surface area contributed by atoms with Crippen molar-refractivity contribution in [2.24, 2.45) is 0 Å². The van der Waals surface area contributed by atoms with Crippen LogP contribution in [-0.2, 0) is 4.79 Å². The van der Waals surface area contributed by atoms with Crippen molar-refractivity contribution in [3.8, 4) is 0 Å². The number of aldehydes is 1. The first kappa shape index (κ1) is 19.3. The van der Waals surface area contributed by atoms with Gasteiger partial charge in [0.05, 0.1) is 5.92 Å². The van der Waals surface area contributed by atoms with Gasteiger partial charge >= 0.3 is 0 Å². The molecule has 28 heavy (non-hydrogen) atoms. The van der Waals surface area contributed by atoms with Crippen molar-refractivity contribution in [2.45, 2.75) is 37.6 Å². The second kappa shape index (κ2) is 8.13. The molecule has 1 aliphatic carbocycles. The molecule has 1 unspecified atom stereocenters. The van der Waals surface area contributed by atoms with Crippen LogP contribution in [0.5, 0.6) is 0 Å². The van der Waals surface area contributed by atoms with Gasteiger partial charge < -0.3 is 9.69 Å². The minimum absolute atomic E-state index is 0.175. The SMILES string of the molecule is C[C@@H]1CN(c2ccc(Cl)nn2)CCN1CC(C=O)c1ccc(C2CC2)c(F)c1. The van der Waals surface area contributed by atoms with Gasteiger partial charge in [-0.25, -0.2) is 4.39 Å². The van der Waals surface area contributed by atoms with Crippen LogP contribution in [0, 0.1) is 5.82 Å². The zero-order valence-corrected chi connectivity index (χ0v) is 16.6. The highest BCUT2D eigenvalue weighted by Crippen LogP contribution is 2.41. The molecule has 2 aliphatic rings. The summed E-state index contributed by atoms with van der Waals surface area (Å²) in [6.45, 7) is 5.11. The summed E-state index contributed by atoms with van der Waals surface area (Å²) in [7, 11) is 0. The van der Waals surface area contributed by atoms with Crippen LogP contribution >= 0.6 is 11.6 Å². The van der Waals surface area contributed by atoms with Crippen molar-refractivity contribution < 1.29 is 9.18 Å². The maximum absolute atomic E-state index is 14.4.